The molecule has 6 heteroatoms. The van der Waals surface area contributed by atoms with Crippen LogP contribution in [0.3, 0.4) is 0 Å². The van der Waals surface area contributed by atoms with E-state index in [0.717, 1.165) is 37.0 Å². The van der Waals surface area contributed by atoms with E-state index in [-0.39, 0.29) is 18.5 Å². The topological polar surface area (TPSA) is 55.8 Å². The Hall–Kier alpha value is -2.53. The summed E-state index contributed by atoms with van der Waals surface area (Å²) in [6, 6.07) is 15.7. The Morgan fingerprint density at radius 3 is 2.48 bits per heavy atom. The van der Waals surface area contributed by atoms with E-state index >= 15 is 0 Å². The first-order valence-electron chi connectivity index (χ1n) is 12.0. The maximum atomic E-state index is 13.1. The fraction of sp³-hybridized carbons (Fsp3) is 0.481. The Bertz CT molecular complexity index is 968. The van der Waals surface area contributed by atoms with Crippen molar-refractivity contribution >= 4 is 23.5 Å². The smallest absolute Gasteiger partial charge is 0.312 e. The summed E-state index contributed by atoms with van der Waals surface area (Å²) in [4.78, 5) is 27.8. The minimum atomic E-state index is -0.502. The van der Waals surface area contributed by atoms with Gasteiger partial charge in [0.05, 0.1) is 5.41 Å². The van der Waals surface area contributed by atoms with Crippen molar-refractivity contribution in [3.63, 3.8) is 0 Å². The van der Waals surface area contributed by atoms with Gasteiger partial charge in [0.15, 0.2) is 0 Å². The number of carbonyl (C=O) groups is 2. The van der Waals surface area contributed by atoms with Crippen LogP contribution in [0.15, 0.2) is 48.5 Å². The number of ether oxygens (including phenoxy) is 2. The third-order valence-corrected chi connectivity index (χ3v) is 7.34. The van der Waals surface area contributed by atoms with Crippen molar-refractivity contribution in [1.29, 1.82) is 0 Å². The van der Waals surface area contributed by atoms with E-state index < -0.39 is 5.41 Å². The number of nitrogens with zero attached hydrogens (tertiary/aromatic N) is 1. The minimum absolute atomic E-state index is 0.122. The number of aryl methyl sites for hydroxylation is 2. The van der Waals surface area contributed by atoms with E-state index in [4.69, 9.17) is 21.1 Å². The molecule has 176 valence electrons. The van der Waals surface area contributed by atoms with Gasteiger partial charge in [0.2, 0.25) is 5.91 Å². The standard InChI is InChI=1S/C27H32ClNO4/c28-23-10-3-1-7-21(23)12-13-25(30)29-17-15-27(16-18-29)14-6-5-9-22-8-2-4-11-24(22)32-19-20-33-26(27)31/h1-4,7-8,10-11H,5-6,9,12-20H2. The van der Waals surface area contributed by atoms with Gasteiger partial charge in [-0.3, -0.25) is 9.59 Å². The number of likely N-dealkylation sites (tertiary alicyclic amines) is 1. The normalized spacial score (nSPS) is 18.9. The highest BCUT2D eigenvalue weighted by Crippen LogP contribution is 2.39. The average molecular weight is 470 g/mol. The van der Waals surface area contributed by atoms with Gasteiger partial charge in [-0.1, -0.05) is 54.4 Å². The lowest BCUT2D eigenvalue weighted by Crippen LogP contribution is -2.47. The van der Waals surface area contributed by atoms with Crippen LogP contribution < -0.4 is 4.74 Å². The molecule has 4 rings (SSSR count). The number of hydrogen-bond donors (Lipinski definition) is 0. The van der Waals surface area contributed by atoms with Crippen LogP contribution in [0.4, 0.5) is 0 Å². The van der Waals surface area contributed by atoms with Gasteiger partial charge in [0.25, 0.3) is 0 Å². The van der Waals surface area contributed by atoms with Gasteiger partial charge in [0, 0.05) is 24.5 Å². The van der Waals surface area contributed by atoms with Gasteiger partial charge in [-0.15, -0.1) is 0 Å². The van der Waals surface area contributed by atoms with Crippen LogP contribution >= 0.6 is 11.6 Å². The molecule has 1 saturated heterocycles. The molecule has 0 saturated carbocycles. The number of esters is 1. The molecule has 0 atom stereocenters. The number of rotatable bonds is 3. The van der Waals surface area contributed by atoms with Crippen molar-refractivity contribution in [3.05, 3.63) is 64.7 Å². The van der Waals surface area contributed by atoms with Gasteiger partial charge in [0.1, 0.15) is 19.0 Å². The summed E-state index contributed by atoms with van der Waals surface area (Å²) in [6.45, 7) is 1.78. The van der Waals surface area contributed by atoms with Crippen molar-refractivity contribution < 1.29 is 19.1 Å². The summed E-state index contributed by atoms with van der Waals surface area (Å²) < 4.78 is 11.5. The van der Waals surface area contributed by atoms with Gasteiger partial charge < -0.3 is 14.4 Å². The highest BCUT2D eigenvalue weighted by Gasteiger charge is 2.43. The highest BCUT2D eigenvalue weighted by atomic mass is 35.5. The van der Waals surface area contributed by atoms with Crippen LogP contribution in [0.25, 0.3) is 0 Å². The first-order chi connectivity index (χ1) is 16.1. The highest BCUT2D eigenvalue weighted by molar-refractivity contribution is 6.31. The van der Waals surface area contributed by atoms with Crippen LogP contribution in [-0.2, 0) is 27.2 Å². The molecule has 33 heavy (non-hydrogen) atoms. The number of benzene rings is 2. The van der Waals surface area contributed by atoms with Crippen LogP contribution in [0.5, 0.6) is 5.75 Å². The van der Waals surface area contributed by atoms with E-state index in [0.29, 0.717) is 50.4 Å². The number of hydrogen-bond acceptors (Lipinski definition) is 4. The van der Waals surface area contributed by atoms with Crippen molar-refractivity contribution in [2.45, 2.75) is 51.4 Å². The number of cyclic esters (lactones) is 1. The molecule has 2 aliphatic rings. The summed E-state index contributed by atoms with van der Waals surface area (Å²) in [5.41, 5.74) is 1.70. The number of carbonyl (C=O) groups excluding carboxylic acids is 2. The van der Waals surface area contributed by atoms with E-state index in [1.807, 2.05) is 47.4 Å². The Balaban J connectivity index is 1.34. The van der Waals surface area contributed by atoms with Crippen molar-refractivity contribution in [2.75, 3.05) is 26.3 Å². The molecule has 1 amide bonds. The molecule has 0 N–H and O–H groups in total. The average Bonchev–Trinajstić information content (AvgIpc) is 2.84. The van der Waals surface area contributed by atoms with E-state index in [1.54, 1.807) is 0 Å². The molecule has 1 spiro atoms. The second-order valence-corrected chi connectivity index (χ2v) is 9.46. The quantitative estimate of drug-likeness (QED) is 0.577. The molecule has 2 aromatic carbocycles. The summed E-state index contributed by atoms with van der Waals surface area (Å²) >= 11 is 6.23. The Kier molecular flexibility index (Phi) is 7.92. The molecule has 0 unspecified atom stereocenters. The maximum Gasteiger partial charge on any atom is 0.312 e. The molecule has 0 aromatic heterocycles. The molecule has 2 aliphatic heterocycles. The van der Waals surface area contributed by atoms with Crippen LogP contribution in [-0.4, -0.2) is 43.1 Å². The molecule has 1 fully saturated rings. The molecule has 2 aromatic rings. The lowest BCUT2D eigenvalue weighted by molar-refractivity contribution is -0.162. The SMILES string of the molecule is O=C(CCc1ccccc1Cl)N1CCC2(CCCCc3ccccc3OCCOC2=O)CC1. The molecular weight excluding hydrogens is 438 g/mol. The third kappa shape index (κ3) is 5.89. The number of halogens is 1. The third-order valence-electron chi connectivity index (χ3n) is 6.97. The lowest BCUT2D eigenvalue weighted by atomic mass is 9.74. The Morgan fingerprint density at radius 1 is 0.939 bits per heavy atom. The van der Waals surface area contributed by atoms with Gasteiger partial charge in [-0.25, -0.2) is 0 Å². The zero-order valence-electron chi connectivity index (χ0n) is 19.1. The first kappa shape index (κ1) is 23.6. The number of piperidine rings is 1. The summed E-state index contributed by atoms with van der Waals surface area (Å²) in [5.74, 6) is 0.867. The minimum Gasteiger partial charge on any atom is -0.490 e. The van der Waals surface area contributed by atoms with E-state index in [9.17, 15) is 9.59 Å². The fourth-order valence-corrected chi connectivity index (χ4v) is 5.14. The largest absolute Gasteiger partial charge is 0.490 e. The van der Waals surface area contributed by atoms with Crippen LogP contribution in [0, 0.1) is 5.41 Å². The lowest BCUT2D eigenvalue weighted by Gasteiger charge is -2.40. The molecule has 5 nitrogen and oxygen atoms in total. The Labute approximate surface area is 201 Å². The predicted molar refractivity (Wildman–Crippen MR) is 128 cm³/mol. The molecule has 0 radical (unpaired) electrons. The van der Waals surface area contributed by atoms with Gasteiger partial charge in [-0.05, 0) is 61.8 Å². The second kappa shape index (κ2) is 11.1. The fourth-order valence-electron chi connectivity index (χ4n) is 4.91. The monoisotopic (exact) mass is 469 g/mol. The summed E-state index contributed by atoms with van der Waals surface area (Å²) in [6.07, 6.45) is 6.05. The maximum absolute atomic E-state index is 13.1. The number of amides is 1. The zero-order chi connectivity index (χ0) is 23.1. The molecule has 0 aliphatic carbocycles. The van der Waals surface area contributed by atoms with Crippen molar-refractivity contribution in [1.82, 2.24) is 4.90 Å². The van der Waals surface area contributed by atoms with Crippen LogP contribution in [0.2, 0.25) is 5.02 Å². The molecule has 2 heterocycles. The molecular formula is C27H32ClNO4. The second-order valence-electron chi connectivity index (χ2n) is 9.05. The number of para-hydroxylation sites is 1. The summed E-state index contributed by atoms with van der Waals surface area (Å²) in [7, 11) is 0. The number of fused-ring (bicyclic) bond motifs is 1. The molecule has 0 bridgehead atoms. The van der Waals surface area contributed by atoms with Gasteiger partial charge in [-0.2, -0.15) is 0 Å². The predicted octanol–water partition coefficient (Wildman–Crippen LogP) is 5.23. The van der Waals surface area contributed by atoms with Gasteiger partial charge >= 0.3 is 5.97 Å². The van der Waals surface area contributed by atoms with E-state index in [1.165, 1.54) is 5.56 Å². The first-order valence-corrected chi connectivity index (χ1v) is 12.3. The van der Waals surface area contributed by atoms with E-state index in [2.05, 4.69) is 6.07 Å². The van der Waals surface area contributed by atoms with Crippen molar-refractivity contribution in [3.8, 4) is 5.75 Å². The zero-order valence-corrected chi connectivity index (χ0v) is 19.8. The van der Waals surface area contributed by atoms with Crippen molar-refractivity contribution in [2.24, 2.45) is 5.41 Å². The Morgan fingerprint density at radius 2 is 1.67 bits per heavy atom. The van der Waals surface area contributed by atoms with Crippen LogP contribution in [0.1, 0.15) is 49.7 Å². The summed E-state index contributed by atoms with van der Waals surface area (Å²) in [5, 5.41) is 0.700.